The predicted molar refractivity (Wildman–Crippen MR) is 139 cm³/mol. The Kier molecular flexibility index (Phi) is 6.28. The van der Waals surface area contributed by atoms with Crippen LogP contribution >= 0.6 is 22.7 Å². The summed E-state index contributed by atoms with van der Waals surface area (Å²) in [4.78, 5) is 11.6. The molecule has 7 nitrogen and oxygen atoms in total. The summed E-state index contributed by atoms with van der Waals surface area (Å²) in [5, 5.41) is 13.8. The number of rotatable bonds is 7. The largest absolute Gasteiger partial charge is 0.390 e. The maximum absolute atomic E-state index is 13.3. The Hall–Kier alpha value is -2.24. The highest BCUT2D eigenvalue weighted by molar-refractivity contribution is 7.94. The maximum Gasteiger partial charge on any atom is 0.273 e. The number of aliphatic hydroxyl groups is 1. The van der Waals surface area contributed by atoms with E-state index in [-0.39, 0.29) is 0 Å². The molecule has 0 saturated carbocycles. The summed E-state index contributed by atoms with van der Waals surface area (Å²) < 4.78 is 28.3. The van der Waals surface area contributed by atoms with Crippen molar-refractivity contribution >= 4 is 49.3 Å². The van der Waals surface area contributed by atoms with Gasteiger partial charge in [0.15, 0.2) is 0 Å². The van der Waals surface area contributed by atoms with E-state index < -0.39 is 15.6 Å². The molecule has 180 valence electrons. The Labute approximate surface area is 207 Å². The molecule has 1 aromatic carbocycles. The average Bonchev–Trinajstić information content (AvgIpc) is 3.56. The first-order chi connectivity index (χ1) is 16.3. The van der Waals surface area contributed by atoms with Crippen molar-refractivity contribution in [1.82, 2.24) is 14.9 Å². The van der Waals surface area contributed by atoms with Gasteiger partial charge in [-0.15, -0.1) is 22.7 Å². The Balaban J connectivity index is 1.42. The molecule has 2 N–H and O–H groups in total. The molecule has 0 aliphatic carbocycles. The van der Waals surface area contributed by atoms with Crippen molar-refractivity contribution in [3.8, 4) is 10.7 Å². The fourth-order valence-electron chi connectivity index (χ4n) is 4.37. The molecular weight excluding hydrogens is 488 g/mol. The first-order valence-corrected chi connectivity index (χ1v) is 14.5. The number of nitrogens with one attached hydrogen (secondary N) is 1. The van der Waals surface area contributed by atoms with Gasteiger partial charge in [0.05, 0.1) is 22.5 Å². The number of thiazole rings is 1. The minimum absolute atomic E-state index is 0.331. The van der Waals surface area contributed by atoms with Crippen LogP contribution in [0.2, 0.25) is 0 Å². The SMILES string of the molecule is CCN(c1cccc2cc(-c3ncc(CN4CCC(C)(O)CC4)s3)[nH]c12)S(=O)(=O)c1cccs1. The van der Waals surface area contributed by atoms with Crippen molar-refractivity contribution in [3.63, 3.8) is 0 Å². The normalized spacial score (nSPS) is 16.8. The smallest absolute Gasteiger partial charge is 0.273 e. The second-order valence-electron chi connectivity index (χ2n) is 8.93. The molecule has 4 heterocycles. The third kappa shape index (κ3) is 4.52. The zero-order chi connectivity index (χ0) is 23.9. The van der Waals surface area contributed by atoms with E-state index in [0.717, 1.165) is 54.1 Å². The first kappa shape index (κ1) is 23.5. The van der Waals surface area contributed by atoms with E-state index in [1.54, 1.807) is 28.8 Å². The Morgan fingerprint density at radius 3 is 2.74 bits per heavy atom. The summed E-state index contributed by atoms with van der Waals surface area (Å²) in [5.41, 5.74) is 1.75. The summed E-state index contributed by atoms with van der Waals surface area (Å²) in [6.45, 7) is 6.66. The van der Waals surface area contributed by atoms with Crippen LogP contribution in [0.15, 0.2) is 52.2 Å². The van der Waals surface area contributed by atoms with Gasteiger partial charge in [0.1, 0.15) is 9.22 Å². The van der Waals surface area contributed by atoms with Gasteiger partial charge in [0.2, 0.25) is 0 Å². The monoisotopic (exact) mass is 516 g/mol. The molecular formula is C24H28N4O3S3. The number of piperidine rings is 1. The highest BCUT2D eigenvalue weighted by Crippen LogP contribution is 2.35. The lowest BCUT2D eigenvalue weighted by atomic mass is 9.94. The van der Waals surface area contributed by atoms with Crippen molar-refractivity contribution in [1.29, 1.82) is 0 Å². The molecule has 34 heavy (non-hydrogen) atoms. The van der Waals surface area contributed by atoms with Crippen LogP contribution in [-0.4, -0.2) is 53.6 Å². The molecule has 1 saturated heterocycles. The summed E-state index contributed by atoms with van der Waals surface area (Å²) in [7, 11) is -3.63. The van der Waals surface area contributed by atoms with E-state index in [1.807, 2.05) is 44.3 Å². The molecule has 4 aromatic rings. The van der Waals surface area contributed by atoms with Crippen molar-refractivity contribution in [2.45, 2.75) is 43.0 Å². The number of fused-ring (bicyclic) bond motifs is 1. The van der Waals surface area contributed by atoms with Gasteiger partial charge in [-0.05, 0) is 50.3 Å². The number of aromatic nitrogens is 2. The van der Waals surface area contributed by atoms with Crippen molar-refractivity contribution in [2.75, 3.05) is 23.9 Å². The highest BCUT2D eigenvalue weighted by Gasteiger charge is 2.28. The minimum atomic E-state index is -3.63. The lowest BCUT2D eigenvalue weighted by molar-refractivity contribution is -0.00707. The maximum atomic E-state index is 13.3. The van der Waals surface area contributed by atoms with Crippen molar-refractivity contribution < 1.29 is 13.5 Å². The fourth-order valence-corrected chi connectivity index (χ4v) is 7.89. The second kappa shape index (κ2) is 9.09. The predicted octanol–water partition coefficient (Wildman–Crippen LogP) is 4.91. The number of likely N-dealkylation sites (tertiary alicyclic amines) is 1. The molecule has 3 aromatic heterocycles. The minimum Gasteiger partial charge on any atom is -0.390 e. The summed E-state index contributed by atoms with van der Waals surface area (Å²) in [6, 6.07) is 11.1. The number of hydrogen-bond donors (Lipinski definition) is 2. The molecule has 0 bridgehead atoms. The molecule has 1 aliphatic heterocycles. The molecule has 10 heteroatoms. The van der Waals surface area contributed by atoms with Crippen LogP contribution in [0.1, 0.15) is 31.6 Å². The Morgan fingerprint density at radius 2 is 2.03 bits per heavy atom. The third-order valence-corrected chi connectivity index (χ3v) is 10.6. The highest BCUT2D eigenvalue weighted by atomic mass is 32.2. The molecule has 0 unspecified atom stereocenters. The topological polar surface area (TPSA) is 89.5 Å². The van der Waals surface area contributed by atoms with Crippen LogP contribution in [0.5, 0.6) is 0 Å². The number of sulfonamides is 1. The van der Waals surface area contributed by atoms with Crippen LogP contribution in [-0.2, 0) is 16.6 Å². The van der Waals surface area contributed by atoms with E-state index in [0.29, 0.717) is 16.4 Å². The van der Waals surface area contributed by atoms with Crippen molar-refractivity contribution in [3.05, 3.63) is 52.9 Å². The van der Waals surface area contributed by atoms with Crippen LogP contribution in [0.3, 0.4) is 0 Å². The van der Waals surface area contributed by atoms with E-state index in [1.165, 1.54) is 20.5 Å². The number of hydrogen-bond acceptors (Lipinski definition) is 7. The Bertz CT molecular complexity index is 1380. The van der Waals surface area contributed by atoms with E-state index >= 15 is 0 Å². The Morgan fingerprint density at radius 1 is 1.24 bits per heavy atom. The quantitative estimate of drug-likeness (QED) is 0.364. The van der Waals surface area contributed by atoms with Crippen LogP contribution in [0, 0.1) is 0 Å². The van der Waals surface area contributed by atoms with E-state index in [4.69, 9.17) is 0 Å². The molecule has 0 amide bonds. The molecule has 1 aliphatic rings. The number of thiophene rings is 1. The lowest BCUT2D eigenvalue weighted by Crippen LogP contribution is -2.41. The van der Waals surface area contributed by atoms with Crippen molar-refractivity contribution in [2.24, 2.45) is 0 Å². The van der Waals surface area contributed by atoms with E-state index in [9.17, 15) is 13.5 Å². The summed E-state index contributed by atoms with van der Waals surface area (Å²) in [6.07, 6.45) is 3.48. The van der Waals surface area contributed by atoms with Gasteiger partial charge in [0, 0.05) is 42.6 Å². The molecule has 1 fully saturated rings. The van der Waals surface area contributed by atoms with Gasteiger partial charge >= 0.3 is 0 Å². The summed E-state index contributed by atoms with van der Waals surface area (Å²) >= 11 is 2.87. The van der Waals surface area contributed by atoms with Gasteiger partial charge in [-0.1, -0.05) is 18.2 Å². The summed E-state index contributed by atoms with van der Waals surface area (Å²) in [5.74, 6) is 0. The number of nitrogens with zero attached hydrogens (tertiary/aromatic N) is 3. The standard InChI is InChI=1S/C24H28N4O3S3/c1-3-28(34(30,31)21-8-5-13-32-21)20-7-4-6-17-14-19(26-22(17)20)23-25-15-18(33-23)16-27-11-9-24(2,29)10-12-27/h4-8,13-15,26,29H,3,9-12,16H2,1-2H3. The fraction of sp³-hybridized carbons (Fsp3) is 0.375. The molecule has 0 radical (unpaired) electrons. The van der Waals surface area contributed by atoms with E-state index in [2.05, 4.69) is 14.9 Å². The number of para-hydroxylation sites is 1. The molecule has 0 spiro atoms. The van der Waals surface area contributed by atoms with Crippen LogP contribution in [0.25, 0.3) is 21.6 Å². The van der Waals surface area contributed by atoms with Gasteiger partial charge in [-0.3, -0.25) is 9.21 Å². The second-order valence-corrected chi connectivity index (χ2v) is 13.1. The van der Waals surface area contributed by atoms with Crippen LogP contribution < -0.4 is 4.31 Å². The molecule has 5 rings (SSSR count). The van der Waals surface area contributed by atoms with Crippen LogP contribution in [0.4, 0.5) is 5.69 Å². The van der Waals surface area contributed by atoms with Gasteiger partial charge in [-0.25, -0.2) is 13.4 Å². The first-order valence-electron chi connectivity index (χ1n) is 11.3. The average molecular weight is 517 g/mol. The lowest BCUT2D eigenvalue weighted by Gasteiger charge is -2.35. The zero-order valence-corrected chi connectivity index (χ0v) is 21.6. The number of benzene rings is 1. The molecule has 0 atom stereocenters. The number of anilines is 1. The van der Waals surface area contributed by atoms with Gasteiger partial charge in [-0.2, -0.15) is 0 Å². The van der Waals surface area contributed by atoms with Gasteiger partial charge < -0.3 is 10.1 Å². The number of H-pyrrole nitrogens is 1. The zero-order valence-electron chi connectivity index (χ0n) is 19.2. The third-order valence-electron chi connectivity index (χ3n) is 6.33. The van der Waals surface area contributed by atoms with Gasteiger partial charge in [0.25, 0.3) is 10.0 Å². The number of aromatic amines is 1.